The van der Waals surface area contributed by atoms with E-state index in [9.17, 15) is 8.42 Å². The van der Waals surface area contributed by atoms with Gasteiger partial charge in [-0.2, -0.15) is 5.10 Å². The lowest BCUT2D eigenvalue weighted by atomic mass is 10.1. The first-order chi connectivity index (χ1) is 8.14. The first kappa shape index (κ1) is 11.2. The number of hydrogen-bond acceptors (Lipinski definition) is 5. The predicted octanol–water partition coefficient (Wildman–Crippen LogP) is -0.216. The van der Waals surface area contributed by atoms with Crippen molar-refractivity contribution in [2.75, 3.05) is 24.6 Å². The lowest BCUT2D eigenvalue weighted by molar-refractivity contribution is 0.601. The van der Waals surface area contributed by atoms with Crippen LogP contribution < -0.4 is 5.32 Å². The number of aromatic amines is 1. The Morgan fingerprint density at radius 3 is 2.76 bits per heavy atom. The average Bonchev–Trinajstić information content (AvgIpc) is 2.93. The number of aromatic nitrogens is 3. The van der Waals surface area contributed by atoms with E-state index in [4.69, 9.17) is 0 Å². The zero-order chi connectivity index (χ0) is 11.9. The Kier molecular flexibility index (Phi) is 2.67. The molecule has 1 aromatic rings. The van der Waals surface area contributed by atoms with Crippen molar-refractivity contribution >= 4 is 9.84 Å². The van der Waals surface area contributed by atoms with Crippen molar-refractivity contribution in [2.45, 2.75) is 24.7 Å². The molecule has 2 saturated heterocycles. The van der Waals surface area contributed by atoms with Crippen molar-refractivity contribution in [1.82, 2.24) is 20.5 Å². The first-order valence-corrected chi connectivity index (χ1v) is 7.79. The van der Waals surface area contributed by atoms with Crippen LogP contribution in [-0.4, -0.2) is 48.2 Å². The van der Waals surface area contributed by atoms with E-state index in [1.807, 2.05) is 0 Å². The van der Waals surface area contributed by atoms with Gasteiger partial charge in [0.1, 0.15) is 5.82 Å². The number of hydrogen-bond donors (Lipinski definition) is 2. The van der Waals surface area contributed by atoms with Gasteiger partial charge >= 0.3 is 0 Å². The van der Waals surface area contributed by atoms with Gasteiger partial charge in [0.15, 0.2) is 15.7 Å². The van der Waals surface area contributed by atoms with Crippen LogP contribution in [0.3, 0.4) is 0 Å². The molecule has 3 rings (SSSR count). The monoisotopic (exact) mass is 256 g/mol. The highest BCUT2D eigenvalue weighted by Crippen LogP contribution is 2.27. The maximum absolute atomic E-state index is 11.4. The van der Waals surface area contributed by atoms with Crippen LogP contribution in [0.25, 0.3) is 0 Å². The molecule has 2 atom stereocenters. The molecule has 1 aromatic heterocycles. The molecule has 0 radical (unpaired) electrons. The van der Waals surface area contributed by atoms with E-state index in [-0.39, 0.29) is 17.4 Å². The molecule has 0 amide bonds. The predicted molar refractivity (Wildman–Crippen MR) is 62.6 cm³/mol. The van der Waals surface area contributed by atoms with Gasteiger partial charge in [0.05, 0.1) is 11.5 Å². The van der Waals surface area contributed by atoms with E-state index in [1.165, 1.54) is 0 Å². The fraction of sp³-hybridized carbons (Fsp3) is 0.800. The Bertz CT molecular complexity index is 504. The van der Waals surface area contributed by atoms with E-state index in [0.29, 0.717) is 18.2 Å². The van der Waals surface area contributed by atoms with Gasteiger partial charge < -0.3 is 5.32 Å². The lowest BCUT2D eigenvalue weighted by Gasteiger charge is -2.02. The van der Waals surface area contributed by atoms with E-state index in [1.54, 1.807) is 0 Å². The smallest absolute Gasteiger partial charge is 0.154 e. The molecule has 0 aliphatic carbocycles. The summed E-state index contributed by atoms with van der Waals surface area (Å²) in [5.41, 5.74) is 0. The molecule has 0 saturated carbocycles. The number of nitrogens with zero attached hydrogens (tertiary/aromatic N) is 2. The van der Waals surface area contributed by atoms with Gasteiger partial charge in [-0.25, -0.2) is 13.4 Å². The Morgan fingerprint density at radius 2 is 2.12 bits per heavy atom. The average molecular weight is 256 g/mol. The number of sulfone groups is 1. The highest BCUT2D eigenvalue weighted by Gasteiger charge is 2.32. The molecule has 7 heteroatoms. The van der Waals surface area contributed by atoms with Crippen LogP contribution in [-0.2, 0) is 9.84 Å². The number of nitrogens with one attached hydrogen (secondary N) is 2. The Labute approximate surface area is 100 Å². The SMILES string of the molecule is O=S1(=O)CCC(c2n[nH]c(C3CCNC3)n2)C1. The minimum atomic E-state index is -2.86. The standard InChI is InChI=1S/C10H16N4O2S/c15-17(16)4-2-8(6-17)10-12-9(13-14-10)7-1-3-11-5-7/h7-8,11H,1-6H2,(H,12,13,14). The summed E-state index contributed by atoms with van der Waals surface area (Å²) in [5.74, 6) is 2.43. The van der Waals surface area contributed by atoms with E-state index < -0.39 is 9.84 Å². The largest absolute Gasteiger partial charge is 0.316 e. The molecule has 0 spiro atoms. The molecule has 2 N–H and O–H groups in total. The number of rotatable bonds is 2. The zero-order valence-corrected chi connectivity index (χ0v) is 10.3. The van der Waals surface area contributed by atoms with Crippen LogP contribution in [0, 0.1) is 0 Å². The highest BCUT2D eigenvalue weighted by molar-refractivity contribution is 7.91. The van der Waals surface area contributed by atoms with Crippen LogP contribution in [0.5, 0.6) is 0 Å². The van der Waals surface area contributed by atoms with Crippen LogP contribution in [0.2, 0.25) is 0 Å². The molecule has 17 heavy (non-hydrogen) atoms. The third-order valence-corrected chi connectivity index (χ3v) is 5.33. The minimum Gasteiger partial charge on any atom is -0.316 e. The van der Waals surface area contributed by atoms with E-state index >= 15 is 0 Å². The van der Waals surface area contributed by atoms with E-state index in [0.717, 1.165) is 25.3 Å². The maximum atomic E-state index is 11.4. The second-order valence-electron chi connectivity index (χ2n) is 4.87. The summed E-state index contributed by atoms with van der Waals surface area (Å²) in [5, 5.41) is 10.4. The maximum Gasteiger partial charge on any atom is 0.154 e. The second-order valence-corrected chi connectivity index (χ2v) is 7.10. The second kappa shape index (κ2) is 4.06. The summed E-state index contributed by atoms with van der Waals surface area (Å²) in [6.45, 7) is 1.94. The lowest BCUT2D eigenvalue weighted by Crippen LogP contribution is -2.09. The van der Waals surface area contributed by atoms with Gasteiger partial charge in [0.2, 0.25) is 0 Å². The fourth-order valence-corrected chi connectivity index (χ4v) is 4.28. The molecule has 3 heterocycles. The molecular formula is C10H16N4O2S. The third-order valence-electron chi connectivity index (χ3n) is 3.56. The quantitative estimate of drug-likeness (QED) is 0.764. The summed E-state index contributed by atoms with van der Waals surface area (Å²) < 4.78 is 22.8. The zero-order valence-electron chi connectivity index (χ0n) is 9.52. The topological polar surface area (TPSA) is 87.7 Å². The van der Waals surface area contributed by atoms with Crippen molar-refractivity contribution in [3.05, 3.63) is 11.6 Å². The first-order valence-electron chi connectivity index (χ1n) is 5.97. The summed E-state index contributed by atoms with van der Waals surface area (Å²) in [6, 6.07) is 0. The van der Waals surface area contributed by atoms with Gasteiger partial charge in [-0.05, 0) is 19.4 Å². The van der Waals surface area contributed by atoms with Crippen molar-refractivity contribution < 1.29 is 8.42 Å². The van der Waals surface area contributed by atoms with Crippen molar-refractivity contribution in [3.63, 3.8) is 0 Å². The summed E-state index contributed by atoms with van der Waals surface area (Å²) in [6.07, 6.45) is 1.72. The molecule has 0 aromatic carbocycles. The fourth-order valence-electron chi connectivity index (χ4n) is 2.54. The molecule has 2 aliphatic rings. The molecular weight excluding hydrogens is 240 g/mol. The normalized spacial score (nSPS) is 32.0. The van der Waals surface area contributed by atoms with Gasteiger partial charge in [0.25, 0.3) is 0 Å². The van der Waals surface area contributed by atoms with Crippen LogP contribution in [0.15, 0.2) is 0 Å². The Balaban J connectivity index is 1.76. The van der Waals surface area contributed by atoms with Crippen LogP contribution >= 0.6 is 0 Å². The molecule has 6 nitrogen and oxygen atoms in total. The summed E-state index contributed by atoms with van der Waals surface area (Å²) in [7, 11) is -2.86. The molecule has 2 unspecified atom stereocenters. The van der Waals surface area contributed by atoms with Gasteiger partial charge in [0, 0.05) is 18.4 Å². The van der Waals surface area contributed by atoms with Gasteiger partial charge in [-0.15, -0.1) is 0 Å². The molecule has 2 aliphatic heterocycles. The molecule has 94 valence electrons. The number of H-pyrrole nitrogens is 1. The highest BCUT2D eigenvalue weighted by atomic mass is 32.2. The third kappa shape index (κ3) is 2.21. The summed E-state index contributed by atoms with van der Waals surface area (Å²) >= 11 is 0. The summed E-state index contributed by atoms with van der Waals surface area (Å²) in [4.78, 5) is 4.47. The van der Waals surface area contributed by atoms with Gasteiger partial charge in [-0.3, -0.25) is 5.10 Å². The van der Waals surface area contributed by atoms with Crippen LogP contribution in [0.4, 0.5) is 0 Å². The van der Waals surface area contributed by atoms with Crippen molar-refractivity contribution in [2.24, 2.45) is 0 Å². The molecule has 2 fully saturated rings. The minimum absolute atomic E-state index is 0.0145. The van der Waals surface area contributed by atoms with Crippen molar-refractivity contribution in [3.8, 4) is 0 Å². The Morgan fingerprint density at radius 1 is 1.24 bits per heavy atom. The van der Waals surface area contributed by atoms with E-state index in [2.05, 4.69) is 20.5 Å². The van der Waals surface area contributed by atoms with Crippen LogP contribution in [0.1, 0.15) is 36.3 Å². The molecule has 0 bridgehead atoms. The van der Waals surface area contributed by atoms with Crippen molar-refractivity contribution in [1.29, 1.82) is 0 Å². The van der Waals surface area contributed by atoms with Gasteiger partial charge in [-0.1, -0.05) is 0 Å². The Hall–Kier alpha value is -0.950.